The van der Waals surface area contributed by atoms with Crippen molar-refractivity contribution in [2.24, 2.45) is 0 Å². The van der Waals surface area contributed by atoms with Crippen molar-refractivity contribution in [3.63, 3.8) is 0 Å². The van der Waals surface area contributed by atoms with Gasteiger partial charge in [-0.2, -0.15) is 0 Å². The molecule has 0 radical (unpaired) electrons. The molecule has 0 spiro atoms. The summed E-state index contributed by atoms with van der Waals surface area (Å²) in [6, 6.07) is 9.14. The zero-order chi connectivity index (χ0) is 14.8. The van der Waals surface area contributed by atoms with E-state index in [1.807, 2.05) is 47.3 Å². The summed E-state index contributed by atoms with van der Waals surface area (Å²) in [4.78, 5) is 11.3. The summed E-state index contributed by atoms with van der Waals surface area (Å²) in [6.07, 6.45) is 4.78. The van der Waals surface area contributed by atoms with Crippen molar-refractivity contribution < 1.29 is 14.3 Å². The van der Waals surface area contributed by atoms with Crippen LogP contribution in [0.1, 0.15) is 17.3 Å². The van der Waals surface area contributed by atoms with Crippen LogP contribution in [0.2, 0.25) is 0 Å². The lowest BCUT2D eigenvalue weighted by Gasteiger charge is -2.24. The molecule has 2 heterocycles. The number of fused-ring (bicyclic) bond motifs is 1. The van der Waals surface area contributed by atoms with Crippen LogP contribution in [0.4, 0.5) is 0 Å². The van der Waals surface area contributed by atoms with Gasteiger partial charge in [0.25, 0.3) is 0 Å². The Bertz CT molecular complexity index is 703. The lowest BCUT2D eigenvalue weighted by atomic mass is 10.1. The second-order valence-corrected chi connectivity index (χ2v) is 4.71. The molecule has 0 saturated heterocycles. The van der Waals surface area contributed by atoms with E-state index in [-0.39, 0.29) is 6.04 Å². The number of nitrogens with one attached hydrogen (secondary N) is 1. The highest BCUT2D eigenvalue weighted by Crippen LogP contribution is 2.32. The van der Waals surface area contributed by atoms with Crippen LogP contribution in [0.15, 0.2) is 36.5 Å². The van der Waals surface area contributed by atoms with Crippen LogP contribution in [-0.2, 0) is 4.79 Å². The molecular formula is C16H16N2O3. The van der Waals surface area contributed by atoms with E-state index in [4.69, 9.17) is 9.47 Å². The Kier molecular flexibility index (Phi) is 3.39. The van der Waals surface area contributed by atoms with Crippen molar-refractivity contribution in [1.29, 1.82) is 0 Å². The van der Waals surface area contributed by atoms with Gasteiger partial charge in [0.2, 0.25) is 0 Å². The maximum absolute atomic E-state index is 11.3. The number of benzene rings is 1. The van der Waals surface area contributed by atoms with E-state index in [1.54, 1.807) is 14.2 Å². The third kappa shape index (κ3) is 2.27. The standard InChI is InChI=1S/C16H16N2O3/c1-20-15-6-5-11(8-16(15)21-2)12-9-18-7-3-4-14(18)13(10-19)17-12/h3-10,13,17H,1-2H3. The van der Waals surface area contributed by atoms with Crippen LogP contribution in [0, 0.1) is 0 Å². The average molecular weight is 284 g/mol. The van der Waals surface area contributed by atoms with Crippen LogP contribution in [0.25, 0.3) is 11.9 Å². The second-order valence-electron chi connectivity index (χ2n) is 4.71. The SMILES string of the molecule is COc1ccc(C2=Cn3cccc3C(C=O)N2)cc1OC. The summed E-state index contributed by atoms with van der Waals surface area (Å²) in [5.41, 5.74) is 2.71. The molecule has 5 nitrogen and oxygen atoms in total. The van der Waals surface area contributed by atoms with Gasteiger partial charge >= 0.3 is 0 Å². The first-order chi connectivity index (χ1) is 10.3. The highest BCUT2D eigenvalue weighted by molar-refractivity contribution is 5.80. The molecule has 0 saturated carbocycles. The van der Waals surface area contributed by atoms with Gasteiger partial charge in [-0.25, -0.2) is 0 Å². The lowest BCUT2D eigenvalue weighted by molar-refractivity contribution is -0.109. The molecule has 3 rings (SSSR count). The quantitative estimate of drug-likeness (QED) is 0.875. The molecule has 2 aromatic rings. The monoisotopic (exact) mass is 284 g/mol. The van der Waals surface area contributed by atoms with Gasteiger partial charge in [-0.15, -0.1) is 0 Å². The number of hydrogen-bond donors (Lipinski definition) is 1. The molecule has 1 aromatic carbocycles. The number of carbonyl (C=O) groups excluding carboxylic acids is 1. The fourth-order valence-electron chi connectivity index (χ4n) is 2.47. The van der Waals surface area contributed by atoms with E-state index < -0.39 is 0 Å². The molecule has 1 atom stereocenters. The molecule has 0 bridgehead atoms. The molecule has 21 heavy (non-hydrogen) atoms. The molecule has 0 amide bonds. The Hall–Kier alpha value is -2.69. The first-order valence-corrected chi connectivity index (χ1v) is 6.59. The highest BCUT2D eigenvalue weighted by atomic mass is 16.5. The first-order valence-electron chi connectivity index (χ1n) is 6.59. The van der Waals surface area contributed by atoms with Crippen LogP contribution >= 0.6 is 0 Å². The maximum Gasteiger partial charge on any atom is 0.161 e. The van der Waals surface area contributed by atoms with Crippen molar-refractivity contribution in [1.82, 2.24) is 9.88 Å². The van der Waals surface area contributed by atoms with Crippen molar-refractivity contribution in [3.8, 4) is 11.5 Å². The predicted molar refractivity (Wildman–Crippen MR) is 80.1 cm³/mol. The first kappa shape index (κ1) is 13.3. The Morgan fingerprint density at radius 2 is 2.00 bits per heavy atom. The summed E-state index contributed by atoms with van der Waals surface area (Å²) in [5, 5.41) is 3.23. The topological polar surface area (TPSA) is 52.5 Å². The number of nitrogens with zero attached hydrogens (tertiary/aromatic N) is 1. The van der Waals surface area contributed by atoms with Gasteiger partial charge in [0.1, 0.15) is 12.3 Å². The zero-order valence-electron chi connectivity index (χ0n) is 11.9. The van der Waals surface area contributed by atoms with Gasteiger partial charge in [-0.3, -0.25) is 0 Å². The van der Waals surface area contributed by atoms with Gasteiger partial charge in [0, 0.05) is 18.0 Å². The number of aldehydes is 1. The van der Waals surface area contributed by atoms with Gasteiger partial charge in [0.05, 0.1) is 25.6 Å². The fourth-order valence-corrected chi connectivity index (χ4v) is 2.47. The highest BCUT2D eigenvalue weighted by Gasteiger charge is 2.21. The smallest absolute Gasteiger partial charge is 0.161 e. The molecular weight excluding hydrogens is 268 g/mol. The molecule has 0 aliphatic carbocycles. The van der Waals surface area contributed by atoms with Crippen LogP contribution in [-0.4, -0.2) is 25.1 Å². The number of hydrogen-bond acceptors (Lipinski definition) is 4. The predicted octanol–water partition coefficient (Wildman–Crippen LogP) is 2.30. The molecule has 0 fully saturated rings. The minimum absolute atomic E-state index is 0.354. The molecule has 1 aromatic heterocycles. The van der Waals surface area contributed by atoms with E-state index in [9.17, 15) is 4.79 Å². The number of rotatable bonds is 4. The fraction of sp³-hybridized carbons (Fsp3) is 0.188. The van der Waals surface area contributed by atoms with Crippen molar-refractivity contribution in [2.75, 3.05) is 14.2 Å². The van der Waals surface area contributed by atoms with Gasteiger partial charge in [0.15, 0.2) is 11.5 Å². The Labute approximate surface area is 122 Å². The number of aromatic nitrogens is 1. The van der Waals surface area contributed by atoms with E-state index in [2.05, 4.69) is 5.32 Å². The van der Waals surface area contributed by atoms with E-state index >= 15 is 0 Å². The van der Waals surface area contributed by atoms with Crippen LogP contribution < -0.4 is 14.8 Å². The van der Waals surface area contributed by atoms with Crippen LogP contribution in [0.3, 0.4) is 0 Å². The van der Waals surface area contributed by atoms with Crippen molar-refractivity contribution in [3.05, 3.63) is 47.8 Å². The van der Waals surface area contributed by atoms with Gasteiger partial charge < -0.3 is 24.2 Å². The molecule has 1 unspecified atom stereocenters. The minimum Gasteiger partial charge on any atom is -0.493 e. The van der Waals surface area contributed by atoms with Gasteiger partial charge in [-0.05, 0) is 30.3 Å². The van der Waals surface area contributed by atoms with Gasteiger partial charge in [-0.1, -0.05) is 0 Å². The molecule has 5 heteroatoms. The summed E-state index contributed by atoms with van der Waals surface area (Å²) >= 11 is 0. The number of methoxy groups -OCH3 is 2. The third-order valence-electron chi connectivity index (χ3n) is 3.54. The summed E-state index contributed by atoms with van der Waals surface area (Å²) < 4.78 is 12.5. The van der Waals surface area contributed by atoms with E-state index in [1.165, 1.54) is 0 Å². The van der Waals surface area contributed by atoms with E-state index in [0.717, 1.165) is 23.2 Å². The Morgan fingerprint density at radius 3 is 2.71 bits per heavy atom. The largest absolute Gasteiger partial charge is 0.493 e. The summed E-state index contributed by atoms with van der Waals surface area (Å²) in [7, 11) is 3.20. The normalized spacial score (nSPS) is 16.5. The average Bonchev–Trinajstić information content (AvgIpc) is 3.01. The number of ether oxygens (including phenoxy) is 2. The molecule has 1 N–H and O–H groups in total. The van der Waals surface area contributed by atoms with Crippen LogP contribution in [0.5, 0.6) is 11.5 Å². The molecule has 1 aliphatic heterocycles. The van der Waals surface area contributed by atoms with E-state index in [0.29, 0.717) is 11.5 Å². The van der Waals surface area contributed by atoms with Crippen molar-refractivity contribution in [2.45, 2.75) is 6.04 Å². The Balaban J connectivity index is 2.03. The number of carbonyl (C=O) groups is 1. The molecule has 108 valence electrons. The maximum atomic E-state index is 11.3. The zero-order valence-corrected chi connectivity index (χ0v) is 11.9. The lowest BCUT2D eigenvalue weighted by Crippen LogP contribution is -2.27. The summed E-state index contributed by atoms with van der Waals surface area (Å²) in [6.45, 7) is 0. The van der Waals surface area contributed by atoms with Crippen molar-refractivity contribution >= 4 is 18.2 Å². The third-order valence-corrected chi connectivity index (χ3v) is 3.54. The molecule has 1 aliphatic rings. The summed E-state index contributed by atoms with van der Waals surface area (Å²) in [5.74, 6) is 1.32. The minimum atomic E-state index is -0.354. The second kappa shape index (κ2) is 5.36. The Morgan fingerprint density at radius 1 is 1.19 bits per heavy atom.